The summed E-state index contributed by atoms with van der Waals surface area (Å²) >= 11 is 0. The number of carboxylic acids is 1. The lowest BCUT2D eigenvalue weighted by Crippen LogP contribution is -2.43. The summed E-state index contributed by atoms with van der Waals surface area (Å²) in [6.07, 6.45) is 0. The first-order valence-electron chi connectivity index (χ1n) is 11.5. The molecule has 0 heterocycles. The van der Waals surface area contributed by atoms with Crippen LogP contribution in [0.4, 0.5) is 0 Å². The van der Waals surface area contributed by atoms with Crippen LogP contribution in [0.2, 0.25) is 0 Å². The number of hydrogen-bond acceptors (Lipinski definition) is 11. The molecular formula is C26H34O12. The van der Waals surface area contributed by atoms with Crippen molar-refractivity contribution in [2.45, 2.75) is 0 Å². The lowest BCUT2D eigenvalue weighted by atomic mass is 9.91. The summed E-state index contributed by atoms with van der Waals surface area (Å²) in [7, 11) is 0. The van der Waals surface area contributed by atoms with Crippen molar-refractivity contribution < 1.29 is 59.6 Å². The Balaban J connectivity index is 0.000000391. The number of aliphatic hydroxyl groups excluding tert-OH is 6. The molecule has 0 saturated heterocycles. The maximum atomic E-state index is 12.1. The van der Waals surface area contributed by atoms with Gasteiger partial charge in [0.1, 0.15) is 0 Å². The number of carboxylic acid groups (broad SMARTS) is 1. The van der Waals surface area contributed by atoms with E-state index in [0.717, 1.165) is 0 Å². The Labute approximate surface area is 219 Å². The van der Waals surface area contributed by atoms with Gasteiger partial charge < -0.3 is 45.2 Å². The highest BCUT2D eigenvalue weighted by Crippen LogP contribution is 2.19. The van der Waals surface area contributed by atoms with Gasteiger partial charge in [-0.25, -0.2) is 9.59 Å². The van der Waals surface area contributed by atoms with Gasteiger partial charge in [0, 0.05) is 11.1 Å². The summed E-state index contributed by atoms with van der Waals surface area (Å²) in [4.78, 5) is 34.0. The molecule has 2 rings (SSSR count). The molecule has 0 unspecified atom stereocenters. The third kappa shape index (κ3) is 9.91. The van der Waals surface area contributed by atoms with Crippen LogP contribution >= 0.6 is 0 Å². The molecular weight excluding hydrogens is 504 g/mol. The van der Waals surface area contributed by atoms with E-state index in [2.05, 4.69) is 4.74 Å². The van der Waals surface area contributed by atoms with Gasteiger partial charge in [-0.1, -0.05) is 42.5 Å². The van der Waals surface area contributed by atoms with Gasteiger partial charge in [0.05, 0.1) is 69.2 Å². The number of aliphatic carboxylic acids is 1. The summed E-state index contributed by atoms with van der Waals surface area (Å²) in [5.74, 6) is -2.11. The van der Waals surface area contributed by atoms with Crippen LogP contribution < -0.4 is 0 Å². The smallest absolute Gasteiger partial charge is 0.341 e. The molecule has 0 fully saturated rings. The van der Waals surface area contributed by atoms with Gasteiger partial charge in [-0.2, -0.15) is 0 Å². The number of ether oxygens (including phenoxy) is 2. The van der Waals surface area contributed by atoms with E-state index in [1.165, 1.54) is 24.3 Å². The Kier molecular flexibility index (Phi) is 14.3. The minimum atomic E-state index is -1.22. The minimum absolute atomic E-state index is 0.141. The molecule has 0 bridgehead atoms. The number of ketones is 1. The molecule has 2 aromatic carbocycles. The van der Waals surface area contributed by atoms with Gasteiger partial charge in [0.25, 0.3) is 0 Å². The van der Waals surface area contributed by atoms with Crippen LogP contribution in [0.3, 0.4) is 0 Å². The quantitative estimate of drug-likeness (QED) is 0.108. The average Bonchev–Trinajstić information content (AvgIpc) is 2.97. The first kappa shape index (κ1) is 32.8. The summed E-state index contributed by atoms with van der Waals surface area (Å²) in [6.45, 7) is -3.70. The van der Waals surface area contributed by atoms with Crippen LogP contribution in [0.5, 0.6) is 0 Å². The number of hydrogen-bond donors (Lipinski definition) is 7. The molecule has 0 aliphatic heterocycles. The Morgan fingerprint density at radius 3 is 1.39 bits per heavy atom. The first-order valence-corrected chi connectivity index (χ1v) is 11.5. The fourth-order valence-electron chi connectivity index (χ4n) is 2.78. The molecule has 0 saturated carbocycles. The van der Waals surface area contributed by atoms with Gasteiger partial charge in [-0.15, -0.1) is 0 Å². The van der Waals surface area contributed by atoms with Gasteiger partial charge in [0.2, 0.25) is 0 Å². The molecule has 210 valence electrons. The highest BCUT2D eigenvalue weighted by Gasteiger charge is 2.32. The summed E-state index contributed by atoms with van der Waals surface area (Å²) in [5, 5.41) is 62.6. The zero-order valence-electron chi connectivity index (χ0n) is 20.7. The zero-order valence-corrected chi connectivity index (χ0v) is 20.7. The summed E-state index contributed by atoms with van der Waals surface area (Å²) < 4.78 is 9.70. The van der Waals surface area contributed by atoms with E-state index in [9.17, 15) is 14.4 Å². The van der Waals surface area contributed by atoms with Crippen molar-refractivity contribution >= 4 is 17.7 Å². The number of carbonyl (C=O) groups is 3. The molecule has 0 amide bonds. The fraction of sp³-hybridized carbons (Fsp3) is 0.423. The topological polar surface area (TPSA) is 211 Å². The Bertz CT molecular complexity index is 947. The van der Waals surface area contributed by atoms with E-state index in [1.54, 1.807) is 24.3 Å². The van der Waals surface area contributed by atoms with Crippen molar-refractivity contribution in [3.05, 3.63) is 71.3 Å². The van der Waals surface area contributed by atoms with E-state index < -0.39 is 69.0 Å². The molecule has 0 spiro atoms. The molecule has 12 nitrogen and oxygen atoms in total. The normalized spacial score (nSPS) is 11.3. The van der Waals surface area contributed by atoms with E-state index >= 15 is 0 Å². The Hall–Kier alpha value is -3.23. The highest BCUT2D eigenvalue weighted by molar-refractivity contribution is 6.09. The number of rotatable bonds is 15. The number of benzene rings is 2. The molecule has 0 aliphatic carbocycles. The van der Waals surface area contributed by atoms with Crippen LogP contribution in [0, 0.1) is 10.8 Å². The van der Waals surface area contributed by atoms with Crippen molar-refractivity contribution in [2.75, 3.05) is 59.5 Å². The predicted octanol–water partition coefficient (Wildman–Crippen LogP) is -0.911. The molecule has 2 aromatic rings. The third-order valence-electron chi connectivity index (χ3n) is 5.57. The molecule has 0 aliphatic rings. The van der Waals surface area contributed by atoms with E-state index in [1.807, 2.05) is 6.07 Å². The minimum Gasteiger partial charge on any atom is -0.479 e. The highest BCUT2D eigenvalue weighted by atomic mass is 16.5. The molecule has 0 atom stereocenters. The Morgan fingerprint density at radius 2 is 1.00 bits per heavy atom. The predicted molar refractivity (Wildman–Crippen MR) is 132 cm³/mol. The standard InChI is InChI=1S/C16H12O5.C10H22O7/c17-14(18)10-21-16(20)13-8-6-12(7-9-13)15(19)11-4-2-1-3-5-11;11-1-9(2-12,3-13)7-17-8-10(4-14,5-15)6-16/h1-9H,10H2,(H,17,18);11-16H,1-8H2. The van der Waals surface area contributed by atoms with Crippen LogP contribution in [0.25, 0.3) is 0 Å². The summed E-state index contributed by atoms with van der Waals surface area (Å²) in [6, 6.07) is 14.6. The second-order valence-electron chi connectivity index (χ2n) is 8.68. The molecule has 0 radical (unpaired) electrons. The number of aliphatic hydroxyl groups is 6. The Morgan fingerprint density at radius 1 is 0.605 bits per heavy atom. The monoisotopic (exact) mass is 538 g/mol. The maximum absolute atomic E-state index is 12.1. The van der Waals surface area contributed by atoms with Gasteiger partial charge >= 0.3 is 11.9 Å². The van der Waals surface area contributed by atoms with Crippen LogP contribution in [-0.4, -0.2) is 113 Å². The van der Waals surface area contributed by atoms with Gasteiger partial charge in [-0.05, 0) is 12.1 Å². The van der Waals surface area contributed by atoms with Crippen LogP contribution in [-0.2, 0) is 14.3 Å². The summed E-state index contributed by atoms with van der Waals surface area (Å²) in [5.41, 5.74) is -1.13. The number of esters is 1. The largest absolute Gasteiger partial charge is 0.479 e. The van der Waals surface area contributed by atoms with Crippen molar-refractivity contribution in [1.29, 1.82) is 0 Å². The maximum Gasteiger partial charge on any atom is 0.341 e. The van der Waals surface area contributed by atoms with E-state index in [4.69, 9.17) is 40.5 Å². The van der Waals surface area contributed by atoms with Crippen molar-refractivity contribution in [3.8, 4) is 0 Å². The third-order valence-corrected chi connectivity index (χ3v) is 5.57. The lowest BCUT2D eigenvalue weighted by Gasteiger charge is -2.31. The van der Waals surface area contributed by atoms with E-state index in [0.29, 0.717) is 11.1 Å². The van der Waals surface area contributed by atoms with Crippen molar-refractivity contribution in [1.82, 2.24) is 0 Å². The fourth-order valence-corrected chi connectivity index (χ4v) is 2.78. The van der Waals surface area contributed by atoms with Crippen LogP contribution in [0.1, 0.15) is 26.3 Å². The SMILES string of the molecule is O=C(O)COC(=O)c1ccc(C(=O)c2ccccc2)cc1.OCC(CO)(CO)COCC(CO)(CO)CO. The molecule has 7 N–H and O–H groups in total. The van der Waals surface area contributed by atoms with Gasteiger partial charge in [0.15, 0.2) is 12.4 Å². The molecule has 0 aromatic heterocycles. The molecule has 38 heavy (non-hydrogen) atoms. The van der Waals surface area contributed by atoms with E-state index in [-0.39, 0.29) is 24.6 Å². The van der Waals surface area contributed by atoms with Gasteiger partial charge in [-0.3, -0.25) is 4.79 Å². The second kappa shape index (κ2) is 16.6. The zero-order chi connectivity index (χ0) is 28.6. The van der Waals surface area contributed by atoms with Crippen molar-refractivity contribution in [3.63, 3.8) is 0 Å². The molecule has 12 heteroatoms. The second-order valence-corrected chi connectivity index (χ2v) is 8.68. The average molecular weight is 539 g/mol. The lowest BCUT2D eigenvalue weighted by molar-refractivity contribution is -0.140. The van der Waals surface area contributed by atoms with Crippen molar-refractivity contribution in [2.24, 2.45) is 10.8 Å². The first-order chi connectivity index (χ1) is 18.1. The number of carbonyl (C=O) groups excluding carboxylic acids is 2. The van der Waals surface area contributed by atoms with Crippen LogP contribution in [0.15, 0.2) is 54.6 Å².